The van der Waals surface area contributed by atoms with Crippen LogP contribution in [0.2, 0.25) is 0 Å². The molecule has 0 aliphatic heterocycles. The SMILES string of the molecule is Cc1cnc(SCC(Cl)C(=O)O)nc1. The van der Waals surface area contributed by atoms with Crippen LogP contribution in [-0.4, -0.2) is 32.2 Å². The zero-order valence-corrected chi connectivity index (χ0v) is 9.05. The van der Waals surface area contributed by atoms with Gasteiger partial charge >= 0.3 is 5.97 Å². The summed E-state index contributed by atoms with van der Waals surface area (Å²) in [4.78, 5) is 18.4. The lowest BCUT2D eigenvalue weighted by Gasteiger charge is -2.02. The minimum absolute atomic E-state index is 0.264. The molecule has 14 heavy (non-hydrogen) atoms. The van der Waals surface area contributed by atoms with Crippen molar-refractivity contribution in [2.75, 3.05) is 5.75 Å². The first-order valence-corrected chi connectivity index (χ1v) is 5.30. The lowest BCUT2D eigenvalue weighted by Crippen LogP contribution is -2.15. The molecule has 1 unspecified atom stereocenters. The van der Waals surface area contributed by atoms with E-state index in [1.54, 1.807) is 12.4 Å². The maximum atomic E-state index is 10.4. The third-order valence-electron chi connectivity index (χ3n) is 1.38. The van der Waals surface area contributed by atoms with E-state index in [0.29, 0.717) is 5.16 Å². The molecule has 1 N–H and O–H groups in total. The molecular weight excluding hydrogens is 224 g/mol. The fourth-order valence-corrected chi connectivity index (χ4v) is 1.56. The molecule has 1 aromatic rings. The van der Waals surface area contributed by atoms with E-state index in [1.807, 2.05) is 6.92 Å². The van der Waals surface area contributed by atoms with Crippen LogP contribution in [0.3, 0.4) is 0 Å². The van der Waals surface area contributed by atoms with Gasteiger partial charge in [-0.15, -0.1) is 11.6 Å². The Morgan fingerprint density at radius 1 is 1.64 bits per heavy atom. The van der Waals surface area contributed by atoms with Gasteiger partial charge < -0.3 is 5.11 Å². The van der Waals surface area contributed by atoms with Gasteiger partial charge in [0.15, 0.2) is 5.16 Å². The summed E-state index contributed by atoms with van der Waals surface area (Å²) >= 11 is 6.75. The smallest absolute Gasteiger partial charge is 0.322 e. The van der Waals surface area contributed by atoms with Crippen molar-refractivity contribution in [3.8, 4) is 0 Å². The Morgan fingerprint density at radius 3 is 2.71 bits per heavy atom. The number of alkyl halides is 1. The highest BCUT2D eigenvalue weighted by atomic mass is 35.5. The Morgan fingerprint density at radius 2 is 2.21 bits per heavy atom. The number of aromatic nitrogens is 2. The highest BCUT2D eigenvalue weighted by Gasteiger charge is 2.14. The maximum absolute atomic E-state index is 10.4. The molecule has 0 aliphatic rings. The van der Waals surface area contributed by atoms with Crippen molar-refractivity contribution in [2.45, 2.75) is 17.5 Å². The van der Waals surface area contributed by atoms with Gasteiger partial charge in [-0.3, -0.25) is 4.79 Å². The minimum atomic E-state index is -1.02. The third-order valence-corrected chi connectivity index (χ3v) is 2.88. The van der Waals surface area contributed by atoms with Crippen molar-refractivity contribution in [1.82, 2.24) is 9.97 Å². The summed E-state index contributed by atoms with van der Waals surface area (Å²) in [7, 11) is 0. The first-order valence-electron chi connectivity index (χ1n) is 3.88. The molecule has 4 nitrogen and oxygen atoms in total. The number of aliphatic carboxylic acids is 1. The summed E-state index contributed by atoms with van der Waals surface area (Å²) in [5.74, 6) is -0.758. The molecule has 1 heterocycles. The summed E-state index contributed by atoms with van der Waals surface area (Å²) in [5, 5.41) is 8.16. The Labute approximate surface area is 90.7 Å². The molecule has 0 bridgehead atoms. The monoisotopic (exact) mass is 232 g/mol. The number of rotatable bonds is 4. The van der Waals surface area contributed by atoms with Crippen LogP contribution in [-0.2, 0) is 4.79 Å². The molecule has 0 fully saturated rings. The molecule has 0 saturated heterocycles. The van der Waals surface area contributed by atoms with Gasteiger partial charge in [-0.05, 0) is 12.5 Å². The van der Waals surface area contributed by atoms with E-state index in [0.717, 1.165) is 5.56 Å². The van der Waals surface area contributed by atoms with E-state index in [9.17, 15) is 4.79 Å². The molecule has 0 spiro atoms. The van der Waals surface area contributed by atoms with Crippen molar-refractivity contribution < 1.29 is 9.90 Å². The Bertz CT molecular complexity index is 318. The number of halogens is 1. The van der Waals surface area contributed by atoms with E-state index < -0.39 is 11.3 Å². The van der Waals surface area contributed by atoms with Crippen LogP contribution >= 0.6 is 23.4 Å². The van der Waals surface area contributed by atoms with Crippen LogP contribution in [0.1, 0.15) is 5.56 Å². The van der Waals surface area contributed by atoms with E-state index in [1.165, 1.54) is 11.8 Å². The standard InChI is InChI=1S/C8H9ClN2O2S/c1-5-2-10-8(11-3-5)14-4-6(9)7(12)13/h2-3,6H,4H2,1H3,(H,12,13). The number of thioether (sulfide) groups is 1. The number of hydrogen-bond donors (Lipinski definition) is 1. The van der Waals surface area contributed by atoms with Crippen LogP contribution in [0.25, 0.3) is 0 Å². The Hall–Kier alpha value is -0.810. The van der Waals surface area contributed by atoms with Crippen molar-refractivity contribution >= 4 is 29.3 Å². The zero-order valence-electron chi connectivity index (χ0n) is 7.48. The predicted molar refractivity (Wildman–Crippen MR) is 54.8 cm³/mol. The van der Waals surface area contributed by atoms with Crippen LogP contribution < -0.4 is 0 Å². The maximum Gasteiger partial charge on any atom is 0.322 e. The predicted octanol–water partition coefficient (Wildman–Crippen LogP) is 1.57. The molecule has 1 atom stereocenters. The largest absolute Gasteiger partial charge is 0.480 e. The summed E-state index contributed by atoms with van der Waals surface area (Å²) in [6, 6.07) is 0. The van der Waals surface area contributed by atoms with Gasteiger partial charge in [-0.1, -0.05) is 11.8 Å². The molecule has 0 radical (unpaired) electrons. The summed E-state index contributed by atoms with van der Waals surface area (Å²) in [5.41, 5.74) is 0.968. The average molecular weight is 233 g/mol. The van der Waals surface area contributed by atoms with Crippen LogP contribution in [0.15, 0.2) is 17.6 Å². The molecule has 0 amide bonds. The summed E-state index contributed by atoms with van der Waals surface area (Å²) in [6.07, 6.45) is 3.36. The number of carboxylic acid groups (broad SMARTS) is 1. The molecule has 6 heteroatoms. The van der Waals surface area contributed by atoms with Crippen molar-refractivity contribution in [2.24, 2.45) is 0 Å². The van der Waals surface area contributed by atoms with E-state index in [-0.39, 0.29) is 5.75 Å². The second-order valence-electron chi connectivity index (χ2n) is 2.66. The van der Waals surface area contributed by atoms with Gasteiger partial charge in [0.2, 0.25) is 0 Å². The van der Waals surface area contributed by atoms with E-state index >= 15 is 0 Å². The second kappa shape index (κ2) is 5.17. The van der Waals surface area contributed by atoms with Gasteiger partial charge in [0, 0.05) is 18.1 Å². The van der Waals surface area contributed by atoms with Gasteiger partial charge in [0.25, 0.3) is 0 Å². The Kier molecular flexibility index (Phi) is 4.16. The van der Waals surface area contributed by atoms with Gasteiger partial charge in [-0.2, -0.15) is 0 Å². The molecule has 1 aromatic heterocycles. The zero-order chi connectivity index (χ0) is 10.6. The first kappa shape index (κ1) is 11.3. The molecular formula is C8H9ClN2O2S. The van der Waals surface area contributed by atoms with Crippen LogP contribution in [0.4, 0.5) is 0 Å². The van der Waals surface area contributed by atoms with Gasteiger partial charge in [-0.25, -0.2) is 9.97 Å². The summed E-state index contributed by atoms with van der Waals surface area (Å²) < 4.78 is 0. The average Bonchev–Trinajstić information content (AvgIpc) is 2.16. The number of nitrogens with zero attached hydrogens (tertiary/aromatic N) is 2. The topological polar surface area (TPSA) is 63.1 Å². The van der Waals surface area contributed by atoms with Gasteiger partial charge in [0.1, 0.15) is 5.38 Å². The van der Waals surface area contributed by atoms with Crippen LogP contribution in [0.5, 0.6) is 0 Å². The number of aryl methyl sites for hydroxylation is 1. The van der Waals surface area contributed by atoms with Crippen molar-refractivity contribution in [1.29, 1.82) is 0 Å². The van der Waals surface area contributed by atoms with Crippen LogP contribution in [0, 0.1) is 6.92 Å². The molecule has 0 saturated carbocycles. The second-order valence-corrected chi connectivity index (χ2v) is 4.17. The van der Waals surface area contributed by atoms with Gasteiger partial charge in [0.05, 0.1) is 0 Å². The lowest BCUT2D eigenvalue weighted by atomic mass is 10.4. The highest BCUT2D eigenvalue weighted by molar-refractivity contribution is 7.99. The Balaban J connectivity index is 2.46. The number of carboxylic acids is 1. The van der Waals surface area contributed by atoms with E-state index in [2.05, 4.69) is 9.97 Å². The highest BCUT2D eigenvalue weighted by Crippen LogP contribution is 2.15. The summed E-state index contributed by atoms with van der Waals surface area (Å²) in [6.45, 7) is 1.88. The molecule has 0 aliphatic carbocycles. The van der Waals surface area contributed by atoms with Crippen molar-refractivity contribution in [3.05, 3.63) is 18.0 Å². The minimum Gasteiger partial charge on any atom is -0.480 e. The number of hydrogen-bond acceptors (Lipinski definition) is 4. The lowest BCUT2D eigenvalue weighted by molar-refractivity contribution is -0.136. The molecule has 1 rings (SSSR count). The first-order chi connectivity index (χ1) is 6.59. The number of carbonyl (C=O) groups is 1. The fraction of sp³-hybridized carbons (Fsp3) is 0.375. The quantitative estimate of drug-likeness (QED) is 0.485. The van der Waals surface area contributed by atoms with E-state index in [4.69, 9.17) is 16.7 Å². The molecule has 0 aromatic carbocycles. The molecule has 76 valence electrons. The van der Waals surface area contributed by atoms with Crippen molar-refractivity contribution in [3.63, 3.8) is 0 Å². The third kappa shape index (κ3) is 3.51. The normalized spacial score (nSPS) is 12.4. The fourth-order valence-electron chi connectivity index (χ4n) is 0.674.